The van der Waals surface area contributed by atoms with Crippen LogP contribution in [0.4, 0.5) is 0 Å². The minimum absolute atomic E-state index is 0.188. The Kier molecular flexibility index (Phi) is 13.5. The number of nitrogens with zero attached hydrogens (tertiary/aromatic N) is 2. The monoisotopic (exact) mass is 277 g/mol. The van der Waals surface area contributed by atoms with Crippen LogP contribution < -0.4 is 5.32 Å². The van der Waals surface area contributed by atoms with Crippen molar-refractivity contribution in [2.75, 3.05) is 7.05 Å². The maximum absolute atomic E-state index is 11.3. The lowest BCUT2D eigenvalue weighted by Crippen LogP contribution is -2.18. The summed E-state index contributed by atoms with van der Waals surface area (Å²) >= 11 is 0. The molecule has 1 heterocycles. The van der Waals surface area contributed by atoms with Crippen LogP contribution in [0.15, 0.2) is 49.2 Å². The van der Waals surface area contributed by atoms with E-state index in [1.54, 1.807) is 36.1 Å². The first-order valence-corrected chi connectivity index (χ1v) is 6.90. The first-order chi connectivity index (χ1) is 9.71. The number of allylic oxidation sites excluding steroid dienone is 4. The first kappa shape index (κ1) is 20.2. The molecule has 0 saturated heterocycles. The van der Waals surface area contributed by atoms with E-state index in [4.69, 9.17) is 0 Å². The van der Waals surface area contributed by atoms with Crippen molar-refractivity contribution in [2.45, 2.75) is 34.2 Å². The van der Waals surface area contributed by atoms with Gasteiger partial charge >= 0.3 is 0 Å². The van der Waals surface area contributed by atoms with Gasteiger partial charge < -0.3 is 5.32 Å². The summed E-state index contributed by atoms with van der Waals surface area (Å²) in [7, 11) is 1.58. The Morgan fingerprint density at radius 2 is 1.95 bits per heavy atom. The van der Waals surface area contributed by atoms with E-state index < -0.39 is 0 Å². The molecule has 0 aromatic carbocycles. The molecule has 4 nitrogen and oxygen atoms in total. The third-order valence-corrected chi connectivity index (χ3v) is 2.04. The van der Waals surface area contributed by atoms with Gasteiger partial charge in [0.1, 0.15) is 5.69 Å². The number of hydrogen-bond acceptors (Lipinski definition) is 2. The summed E-state index contributed by atoms with van der Waals surface area (Å²) in [5.74, 6) is -0.188. The number of hydrogen-bond donors (Lipinski definition) is 1. The van der Waals surface area contributed by atoms with Crippen molar-refractivity contribution in [1.82, 2.24) is 15.1 Å². The van der Waals surface area contributed by atoms with Gasteiger partial charge in [-0.15, -0.1) is 0 Å². The molecule has 0 aliphatic rings. The van der Waals surface area contributed by atoms with Crippen LogP contribution in [0.1, 0.15) is 38.2 Å². The van der Waals surface area contributed by atoms with Crippen molar-refractivity contribution in [3.8, 4) is 0 Å². The molecule has 0 fully saturated rings. The molecule has 4 heteroatoms. The van der Waals surface area contributed by atoms with Crippen molar-refractivity contribution in [3.05, 3.63) is 54.9 Å². The van der Waals surface area contributed by atoms with Gasteiger partial charge in [0, 0.05) is 13.2 Å². The fourth-order valence-corrected chi connectivity index (χ4v) is 1.22. The number of aromatic nitrogens is 2. The highest BCUT2D eigenvalue weighted by atomic mass is 16.1. The average Bonchev–Trinajstić information content (AvgIpc) is 2.98. The highest BCUT2D eigenvalue weighted by Crippen LogP contribution is 2.02. The van der Waals surface area contributed by atoms with E-state index in [0.717, 1.165) is 5.57 Å². The minimum Gasteiger partial charge on any atom is -0.354 e. The molecule has 0 atom stereocenters. The van der Waals surface area contributed by atoms with Gasteiger partial charge in [-0.05, 0) is 11.6 Å². The summed E-state index contributed by atoms with van der Waals surface area (Å²) in [5.41, 5.74) is 1.39. The van der Waals surface area contributed by atoms with Gasteiger partial charge in [-0.1, -0.05) is 59.1 Å². The summed E-state index contributed by atoms with van der Waals surface area (Å²) in [4.78, 5) is 11.3. The summed E-state index contributed by atoms with van der Waals surface area (Å²) in [6.07, 6.45) is 7.04. The van der Waals surface area contributed by atoms with Crippen LogP contribution in [0.25, 0.3) is 0 Å². The van der Waals surface area contributed by atoms with Crippen molar-refractivity contribution in [2.24, 2.45) is 0 Å². The second kappa shape index (κ2) is 13.3. The Labute approximate surface area is 122 Å². The van der Waals surface area contributed by atoms with E-state index in [2.05, 4.69) is 23.6 Å². The van der Waals surface area contributed by atoms with Crippen LogP contribution in [-0.4, -0.2) is 22.7 Å². The molecule has 1 aromatic heterocycles. The van der Waals surface area contributed by atoms with Crippen LogP contribution >= 0.6 is 0 Å². The van der Waals surface area contributed by atoms with Gasteiger partial charge in [0.15, 0.2) is 0 Å². The number of rotatable bonds is 5. The van der Waals surface area contributed by atoms with Gasteiger partial charge in [-0.25, -0.2) is 0 Å². The van der Waals surface area contributed by atoms with E-state index >= 15 is 0 Å². The molecule has 1 amide bonds. The molecule has 112 valence electrons. The van der Waals surface area contributed by atoms with Crippen molar-refractivity contribution < 1.29 is 4.79 Å². The van der Waals surface area contributed by atoms with E-state index in [9.17, 15) is 4.79 Å². The molecule has 0 aliphatic heterocycles. The summed E-state index contributed by atoms with van der Waals surface area (Å²) in [6.45, 7) is 15.9. The zero-order chi connectivity index (χ0) is 16.0. The van der Waals surface area contributed by atoms with Gasteiger partial charge in [0.25, 0.3) is 5.91 Å². The van der Waals surface area contributed by atoms with Crippen LogP contribution in [0, 0.1) is 0 Å². The third-order valence-electron chi connectivity index (χ3n) is 2.04. The Morgan fingerprint density at radius 3 is 2.40 bits per heavy atom. The second-order valence-electron chi connectivity index (χ2n) is 3.16. The van der Waals surface area contributed by atoms with Crippen molar-refractivity contribution in [3.63, 3.8) is 0 Å². The highest BCUT2D eigenvalue weighted by Gasteiger charge is 2.06. The molecular formula is C16H27N3O. The Balaban J connectivity index is 0. The molecule has 20 heavy (non-hydrogen) atoms. The predicted molar refractivity (Wildman–Crippen MR) is 86.8 cm³/mol. The van der Waals surface area contributed by atoms with E-state index in [1.807, 2.05) is 33.8 Å². The normalized spacial score (nSPS) is 9.35. The average molecular weight is 277 g/mol. The quantitative estimate of drug-likeness (QED) is 0.836. The van der Waals surface area contributed by atoms with Crippen LogP contribution in [-0.2, 0) is 6.54 Å². The largest absolute Gasteiger partial charge is 0.354 e. The molecule has 0 spiro atoms. The molecule has 0 bridgehead atoms. The van der Waals surface area contributed by atoms with Gasteiger partial charge in [-0.2, -0.15) is 5.10 Å². The number of nitrogens with one attached hydrogen (secondary N) is 1. The first-order valence-electron chi connectivity index (χ1n) is 6.90. The van der Waals surface area contributed by atoms with Crippen LogP contribution in [0.5, 0.6) is 0 Å². The van der Waals surface area contributed by atoms with Gasteiger partial charge in [0.05, 0.1) is 6.54 Å². The summed E-state index contributed by atoms with van der Waals surface area (Å²) in [6, 6.07) is 1.67. The van der Waals surface area contributed by atoms with E-state index in [1.165, 1.54) is 0 Å². The molecule has 0 saturated carbocycles. The lowest BCUT2D eigenvalue weighted by Gasteiger charge is -2.01. The van der Waals surface area contributed by atoms with E-state index in [-0.39, 0.29) is 5.91 Å². The molecule has 1 N–H and O–H groups in total. The maximum Gasteiger partial charge on any atom is 0.271 e. The zero-order valence-corrected chi connectivity index (χ0v) is 13.3. The molecule has 1 rings (SSSR count). The Bertz CT molecular complexity index is 431. The van der Waals surface area contributed by atoms with Crippen LogP contribution in [0.3, 0.4) is 0 Å². The number of carbonyl (C=O) groups excluding carboxylic acids is 1. The minimum atomic E-state index is -0.188. The Hall–Kier alpha value is -2.10. The molecule has 0 aliphatic carbocycles. The SMILES string of the molecule is C=C/C=C(\C=C)Cn1ccc(C(=O)NC)n1.CC.CC. The molecule has 0 unspecified atom stereocenters. The summed E-state index contributed by atoms with van der Waals surface area (Å²) in [5, 5.41) is 6.65. The lowest BCUT2D eigenvalue weighted by molar-refractivity contribution is 0.0957. The zero-order valence-electron chi connectivity index (χ0n) is 13.3. The van der Waals surface area contributed by atoms with Crippen molar-refractivity contribution in [1.29, 1.82) is 0 Å². The lowest BCUT2D eigenvalue weighted by atomic mass is 10.2. The smallest absolute Gasteiger partial charge is 0.271 e. The number of carbonyl (C=O) groups is 1. The predicted octanol–water partition coefficient (Wildman–Crippen LogP) is 3.59. The fraction of sp³-hybridized carbons (Fsp3) is 0.375. The topological polar surface area (TPSA) is 46.9 Å². The van der Waals surface area contributed by atoms with Crippen LogP contribution in [0.2, 0.25) is 0 Å². The molecule has 0 radical (unpaired) electrons. The van der Waals surface area contributed by atoms with E-state index in [0.29, 0.717) is 12.2 Å². The second-order valence-corrected chi connectivity index (χ2v) is 3.16. The molecule has 1 aromatic rings. The summed E-state index contributed by atoms with van der Waals surface area (Å²) < 4.78 is 1.68. The molecular weight excluding hydrogens is 250 g/mol. The fourth-order valence-electron chi connectivity index (χ4n) is 1.22. The Morgan fingerprint density at radius 1 is 1.35 bits per heavy atom. The third kappa shape index (κ3) is 7.36. The standard InChI is InChI=1S/C12H15N3O.2C2H6/c1-4-6-10(5-2)9-15-8-7-11(14-15)12(16)13-3;2*1-2/h4-8H,1-2,9H2,3H3,(H,13,16);2*1-2H3/b10-6+;;. The highest BCUT2D eigenvalue weighted by molar-refractivity contribution is 5.91. The maximum atomic E-state index is 11.3. The van der Waals surface area contributed by atoms with Gasteiger partial charge in [0.2, 0.25) is 0 Å². The van der Waals surface area contributed by atoms with Crippen molar-refractivity contribution >= 4 is 5.91 Å². The number of amides is 1. The van der Waals surface area contributed by atoms with Gasteiger partial charge in [-0.3, -0.25) is 9.48 Å².